The van der Waals surface area contributed by atoms with Crippen molar-refractivity contribution in [2.75, 3.05) is 37.8 Å². The van der Waals surface area contributed by atoms with E-state index < -0.39 is 0 Å². The van der Waals surface area contributed by atoms with Crippen molar-refractivity contribution in [1.29, 1.82) is 0 Å². The van der Waals surface area contributed by atoms with Gasteiger partial charge >= 0.3 is 0 Å². The Morgan fingerprint density at radius 3 is 2.71 bits per heavy atom. The van der Waals surface area contributed by atoms with Crippen LogP contribution in [0.3, 0.4) is 0 Å². The molecule has 1 aliphatic heterocycles. The van der Waals surface area contributed by atoms with Crippen LogP contribution in [0.5, 0.6) is 0 Å². The van der Waals surface area contributed by atoms with Crippen LogP contribution in [-0.2, 0) is 9.53 Å². The molecule has 1 fully saturated rings. The van der Waals surface area contributed by atoms with Crippen molar-refractivity contribution < 1.29 is 14.6 Å². The summed E-state index contributed by atoms with van der Waals surface area (Å²) in [6.07, 6.45) is 1.61. The maximum absolute atomic E-state index is 11.7. The lowest BCUT2D eigenvalue weighted by molar-refractivity contribution is -0.117. The second-order valence-corrected chi connectivity index (χ2v) is 5.25. The largest absolute Gasteiger partial charge is 0.394 e. The van der Waals surface area contributed by atoms with Crippen molar-refractivity contribution in [2.45, 2.75) is 25.8 Å². The third-order valence-corrected chi connectivity index (χ3v) is 3.71. The van der Waals surface area contributed by atoms with Crippen molar-refractivity contribution >= 4 is 11.6 Å². The molecule has 1 aliphatic rings. The summed E-state index contributed by atoms with van der Waals surface area (Å²) in [6.45, 7) is 4.70. The number of nitrogens with zero attached hydrogens (tertiary/aromatic N) is 1. The first-order valence-corrected chi connectivity index (χ1v) is 7.54. The summed E-state index contributed by atoms with van der Waals surface area (Å²) >= 11 is 0. The number of ether oxygens (including phenoxy) is 1. The molecular formula is C16H24N2O3. The third kappa shape index (κ3) is 4.52. The van der Waals surface area contributed by atoms with Crippen LogP contribution in [0.4, 0.5) is 5.69 Å². The lowest BCUT2D eigenvalue weighted by Crippen LogP contribution is -2.25. The number of anilines is 1. The number of aliphatic hydroxyl groups is 1. The van der Waals surface area contributed by atoms with Gasteiger partial charge < -0.3 is 20.1 Å². The van der Waals surface area contributed by atoms with Gasteiger partial charge in [-0.05, 0) is 31.0 Å². The van der Waals surface area contributed by atoms with Gasteiger partial charge in [-0.2, -0.15) is 0 Å². The summed E-state index contributed by atoms with van der Waals surface area (Å²) in [6, 6.07) is 8.38. The molecule has 2 rings (SSSR count). The number of nitrogens with one attached hydrogen (secondary N) is 1. The predicted octanol–water partition coefficient (Wildman–Crippen LogP) is 1.47. The summed E-state index contributed by atoms with van der Waals surface area (Å²) in [5.41, 5.74) is 2.17. The Morgan fingerprint density at radius 2 is 2.10 bits per heavy atom. The highest BCUT2D eigenvalue weighted by Gasteiger charge is 2.21. The summed E-state index contributed by atoms with van der Waals surface area (Å²) < 4.78 is 5.21. The van der Waals surface area contributed by atoms with E-state index in [9.17, 15) is 4.79 Å². The molecule has 5 heteroatoms. The van der Waals surface area contributed by atoms with Crippen LogP contribution in [0.1, 0.15) is 31.4 Å². The molecule has 1 aromatic rings. The number of hydrogen-bond donors (Lipinski definition) is 2. The van der Waals surface area contributed by atoms with Crippen molar-refractivity contribution in [2.24, 2.45) is 0 Å². The minimum atomic E-state index is 0.0617. The average molecular weight is 292 g/mol. The molecule has 21 heavy (non-hydrogen) atoms. The number of benzene rings is 1. The Bertz CT molecular complexity index is 447. The van der Waals surface area contributed by atoms with Crippen LogP contribution in [0.15, 0.2) is 24.3 Å². The van der Waals surface area contributed by atoms with Crippen LogP contribution >= 0.6 is 0 Å². The molecule has 5 nitrogen and oxygen atoms in total. The normalized spacial score (nSPS) is 16.5. The van der Waals surface area contributed by atoms with E-state index in [1.54, 1.807) is 0 Å². The van der Waals surface area contributed by atoms with E-state index in [-0.39, 0.29) is 18.6 Å². The lowest BCUT2D eigenvalue weighted by Gasteiger charge is -2.18. The topological polar surface area (TPSA) is 61.8 Å². The van der Waals surface area contributed by atoms with Gasteiger partial charge in [-0.15, -0.1) is 0 Å². The molecule has 1 aromatic carbocycles. The first-order chi connectivity index (χ1) is 10.2. The van der Waals surface area contributed by atoms with E-state index in [1.165, 1.54) is 5.56 Å². The number of hydrogen-bond acceptors (Lipinski definition) is 4. The van der Waals surface area contributed by atoms with Crippen LogP contribution < -0.4 is 10.2 Å². The fraction of sp³-hybridized carbons (Fsp3) is 0.562. The second kappa shape index (κ2) is 8.12. The monoisotopic (exact) mass is 292 g/mol. The molecule has 1 atom stereocenters. The van der Waals surface area contributed by atoms with Gasteiger partial charge in [0.2, 0.25) is 5.91 Å². The molecule has 0 aliphatic carbocycles. The van der Waals surface area contributed by atoms with Gasteiger partial charge in [0, 0.05) is 31.2 Å². The predicted molar refractivity (Wildman–Crippen MR) is 82.4 cm³/mol. The first kappa shape index (κ1) is 15.9. The van der Waals surface area contributed by atoms with Crippen molar-refractivity contribution in [1.82, 2.24) is 5.32 Å². The van der Waals surface area contributed by atoms with Crippen molar-refractivity contribution in [3.05, 3.63) is 29.8 Å². The smallest absolute Gasteiger partial charge is 0.227 e. The van der Waals surface area contributed by atoms with Gasteiger partial charge in [-0.25, -0.2) is 0 Å². The molecule has 0 bridgehead atoms. The molecule has 0 spiro atoms. The maximum Gasteiger partial charge on any atom is 0.227 e. The van der Waals surface area contributed by atoms with Gasteiger partial charge in [0.1, 0.15) is 0 Å². The van der Waals surface area contributed by atoms with Crippen LogP contribution in [0, 0.1) is 0 Å². The number of carbonyl (C=O) groups excluding carboxylic acids is 1. The molecule has 1 saturated heterocycles. The summed E-state index contributed by atoms with van der Waals surface area (Å²) in [5, 5.41) is 12.0. The van der Waals surface area contributed by atoms with Crippen LogP contribution in [0.2, 0.25) is 0 Å². The molecule has 1 amide bonds. The highest BCUT2D eigenvalue weighted by atomic mass is 16.5. The standard InChI is InChI=1S/C16H24N2O3/c1-13(17-8-11-21-12-10-19)14-4-6-15(7-5-14)18-9-2-3-16(18)20/h4-7,13,17,19H,2-3,8-12H2,1H3. The van der Waals surface area contributed by atoms with Gasteiger partial charge in [-0.1, -0.05) is 12.1 Å². The highest BCUT2D eigenvalue weighted by Crippen LogP contribution is 2.23. The first-order valence-electron chi connectivity index (χ1n) is 7.54. The highest BCUT2D eigenvalue weighted by molar-refractivity contribution is 5.95. The van der Waals surface area contributed by atoms with E-state index in [1.807, 2.05) is 17.0 Å². The fourth-order valence-corrected chi connectivity index (χ4v) is 2.50. The van der Waals surface area contributed by atoms with Gasteiger partial charge in [0.05, 0.1) is 19.8 Å². The summed E-state index contributed by atoms with van der Waals surface area (Å²) in [7, 11) is 0. The Kier molecular flexibility index (Phi) is 6.17. The van der Waals surface area contributed by atoms with E-state index in [2.05, 4.69) is 24.4 Å². The lowest BCUT2D eigenvalue weighted by atomic mass is 10.1. The minimum absolute atomic E-state index is 0.0617. The Morgan fingerprint density at radius 1 is 1.33 bits per heavy atom. The third-order valence-electron chi connectivity index (χ3n) is 3.71. The molecule has 0 aromatic heterocycles. The van der Waals surface area contributed by atoms with Crippen molar-refractivity contribution in [3.8, 4) is 0 Å². The Balaban J connectivity index is 1.82. The molecular weight excluding hydrogens is 268 g/mol. The zero-order valence-electron chi connectivity index (χ0n) is 12.5. The minimum Gasteiger partial charge on any atom is -0.394 e. The van der Waals surface area contributed by atoms with Crippen LogP contribution in [0.25, 0.3) is 0 Å². The number of carbonyl (C=O) groups is 1. The van der Waals surface area contributed by atoms with Crippen LogP contribution in [-0.4, -0.2) is 43.9 Å². The molecule has 0 saturated carbocycles. The number of aliphatic hydroxyl groups excluding tert-OH is 1. The number of amides is 1. The Hall–Kier alpha value is -1.43. The van der Waals surface area contributed by atoms with Gasteiger partial charge in [-0.3, -0.25) is 4.79 Å². The quantitative estimate of drug-likeness (QED) is 0.712. The van der Waals surface area contributed by atoms with E-state index in [0.717, 1.165) is 25.2 Å². The Labute approximate surface area is 125 Å². The fourth-order valence-electron chi connectivity index (χ4n) is 2.50. The SMILES string of the molecule is CC(NCCOCCO)c1ccc(N2CCCC2=O)cc1. The zero-order valence-corrected chi connectivity index (χ0v) is 12.5. The van der Waals surface area contributed by atoms with E-state index in [0.29, 0.717) is 19.6 Å². The second-order valence-electron chi connectivity index (χ2n) is 5.25. The molecule has 0 radical (unpaired) electrons. The van der Waals surface area contributed by atoms with E-state index >= 15 is 0 Å². The van der Waals surface area contributed by atoms with Gasteiger partial charge in [0.25, 0.3) is 0 Å². The zero-order chi connectivity index (χ0) is 15.1. The van der Waals surface area contributed by atoms with Crippen molar-refractivity contribution in [3.63, 3.8) is 0 Å². The average Bonchev–Trinajstić information content (AvgIpc) is 2.93. The van der Waals surface area contributed by atoms with E-state index in [4.69, 9.17) is 9.84 Å². The van der Waals surface area contributed by atoms with Gasteiger partial charge in [0.15, 0.2) is 0 Å². The molecule has 1 unspecified atom stereocenters. The molecule has 2 N–H and O–H groups in total. The summed E-state index contributed by atoms with van der Waals surface area (Å²) in [4.78, 5) is 13.6. The molecule has 116 valence electrons. The summed E-state index contributed by atoms with van der Waals surface area (Å²) in [5.74, 6) is 0.218. The number of rotatable bonds is 8. The molecule has 1 heterocycles. The maximum atomic E-state index is 11.7.